The van der Waals surface area contributed by atoms with E-state index in [1.807, 2.05) is 0 Å². The van der Waals surface area contributed by atoms with Crippen LogP contribution >= 0.6 is 0 Å². The summed E-state index contributed by atoms with van der Waals surface area (Å²) < 4.78 is 0. The van der Waals surface area contributed by atoms with Crippen molar-refractivity contribution in [3.05, 3.63) is 84.1 Å². The van der Waals surface area contributed by atoms with Gasteiger partial charge in [0.15, 0.2) is 0 Å². The third-order valence-electron chi connectivity index (χ3n) is 24.2. The number of aromatic amines is 1. The van der Waals surface area contributed by atoms with Crippen LogP contribution in [0.1, 0.15) is 241 Å². The first-order valence-corrected chi connectivity index (χ1v) is 49.4. The monoisotopic (exact) mass is 2080 g/mol. The summed E-state index contributed by atoms with van der Waals surface area (Å²) in [4.78, 5) is 323. The van der Waals surface area contributed by atoms with Crippen LogP contribution in [0, 0.1) is 17.8 Å². The van der Waals surface area contributed by atoms with Gasteiger partial charge in [0.05, 0.1) is 25.6 Å². The van der Waals surface area contributed by atoms with Crippen molar-refractivity contribution >= 4 is 147 Å². The van der Waals surface area contributed by atoms with Crippen molar-refractivity contribution in [2.24, 2.45) is 40.7 Å². The van der Waals surface area contributed by atoms with E-state index in [0.717, 1.165) is 13.8 Å². The average molecular weight is 2090 g/mol. The molecule has 3 aromatic rings. The molecule has 0 bridgehead atoms. The second-order valence-electron chi connectivity index (χ2n) is 38.7. The average Bonchev–Trinajstić information content (AvgIpc) is 1.61. The fourth-order valence-electron chi connectivity index (χ4n) is 16.2. The molecule has 2 heterocycles. The number of carbonyl (C=O) groups is 23. The smallest absolute Gasteiger partial charge is 0.305 e. The molecule has 50 heteroatoms. The van der Waals surface area contributed by atoms with Crippen LogP contribution in [0.2, 0.25) is 0 Å². The molecular formula is C98H149N21O29. The number of aliphatic carboxylic acids is 4. The molecule has 820 valence electrons. The van der Waals surface area contributed by atoms with E-state index in [1.54, 1.807) is 102 Å². The zero-order chi connectivity index (χ0) is 111. The summed E-state index contributed by atoms with van der Waals surface area (Å²) in [5.41, 5.74) is 19.0. The zero-order valence-electron chi connectivity index (χ0n) is 85.2. The van der Waals surface area contributed by atoms with E-state index in [9.17, 15) is 103 Å². The molecule has 0 spiro atoms. The summed E-state index contributed by atoms with van der Waals surface area (Å²) in [5, 5.41) is 102. The number of aromatic nitrogens is 1. The summed E-state index contributed by atoms with van der Waals surface area (Å²) >= 11 is 0. The number of hydrogen-bond acceptors (Lipinski definition) is 26. The molecule has 0 fully saturated rings. The molecule has 2 aromatic carbocycles. The van der Waals surface area contributed by atoms with Gasteiger partial charge in [0.25, 0.3) is 0 Å². The van der Waals surface area contributed by atoms with Crippen molar-refractivity contribution in [3.8, 4) is 0 Å². The van der Waals surface area contributed by atoms with E-state index in [2.05, 4.69) is 90.1 Å². The van der Waals surface area contributed by atoms with Crippen molar-refractivity contribution in [2.75, 3.05) is 13.2 Å². The van der Waals surface area contributed by atoms with Gasteiger partial charge in [0.2, 0.25) is 112 Å². The van der Waals surface area contributed by atoms with Crippen LogP contribution in [0.15, 0.2) is 72.9 Å². The number of primary amides is 3. The van der Waals surface area contributed by atoms with Gasteiger partial charge in [-0.25, -0.2) is 0 Å². The largest absolute Gasteiger partial charge is 0.481 e. The van der Waals surface area contributed by atoms with Gasteiger partial charge < -0.3 is 144 Å². The molecule has 19 amide bonds. The number of benzene rings is 2. The summed E-state index contributed by atoms with van der Waals surface area (Å²) in [6.07, 6.45) is -4.81. The summed E-state index contributed by atoms with van der Waals surface area (Å²) in [7, 11) is 0. The molecule has 50 nitrogen and oxygen atoms in total. The van der Waals surface area contributed by atoms with Crippen LogP contribution in [-0.4, -0.2) is 287 Å². The number of nitrogens with two attached hydrogens (primary N) is 4. The molecule has 0 aliphatic carbocycles. The Kier molecular flexibility index (Phi) is 53.6. The van der Waals surface area contributed by atoms with E-state index < -0.39 is 327 Å². The first kappa shape index (κ1) is 126. The van der Waals surface area contributed by atoms with Gasteiger partial charge in [-0.1, -0.05) is 121 Å². The van der Waals surface area contributed by atoms with E-state index in [1.165, 1.54) is 26.0 Å². The summed E-state index contributed by atoms with van der Waals surface area (Å²) in [6.45, 7) is 13.7. The highest BCUT2D eigenvalue weighted by Crippen LogP contribution is 2.25. The molecule has 1 aliphatic heterocycles. The van der Waals surface area contributed by atoms with Gasteiger partial charge in [-0.05, 0) is 165 Å². The fraction of sp³-hybridized carbons (Fsp3) is 0.602. The van der Waals surface area contributed by atoms with Crippen molar-refractivity contribution in [1.29, 1.82) is 0 Å². The number of aliphatic hydroxyl groups excluding tert-OH is 2. The van der Waals surface area contributed by atoms with Crippen LogP contribution in [0.25, 0.3) is 10.9 Å². The molecule has 1 aliphatic rings. The molecule has 0 saturated carbocycles. The van der Waals surface area contributed by atoms with Gasteiger partial charge in [0, 0.05) is 62.5 Å². The van der Waals surface area contributed by atoms with Gasteiger partial charge in [-0.2, -0.15) is 0 Å². The molecular weight excluding hydrogens is 1940 g/mol. The second-order valence-corrected chi connectivity index (χ2v) is 38.7. The molecule has 0 saturated heterocycles. The number of aliphatic hydroxyl groups is 2. The number of amides is 19. The van der Waals surface area contributed by atoms with E-state index in [-0.39, 0.29) is 95.9 Å². The number of carboxylic acids is 4. The Morgan fingerprint density at radius 1 is 0.453 bits per heavy atom. The Balaban J connectivity index is 1.96. The van der Waals surface area contributed by atoms with Gasteiger partial charge >= 0.3 is 23.9 Å². The SMILES string of the molecule is CC(=O)N[C@@H](CC(C)C)C(=O)N[C@@H](CO)C(=O)N[C@@H](CCC(N)=O)C(=O)N[C@@H](CCC(=O)O)C(=O)N[C@H](C(=O)N[C@@H](Cc1ccccc1)C(=O)N[C@]1(C)CCCCCC/C=C\CCC[C@@](C)(C(=O)N[C@@H](CCC(=O)O)C(=O)N[C@@H](CC(N)=O)C(N)=O)NC(=O)[C@H](CCC(=O)O)NC(=O)[C@H](CC(C)C)NC(=O)[C@H](CCCCN)NC(=O)[C@H](Cc2c[nH]c3ccccc23)NC(=O)[C@H](CC(C)C)NC(=O)[C@H](CC(=O)O)NC1=O)[C@@H](C)O. The number of nitrogens with one attached hydrogen (secondary N) is 17. The first-order valence-electron chi connectivity index (χ1n) is 49.4. The van der Waals surface area contributed by atoms with Crippen molar-refractivity contribution in [3.63, 3.8) is 0 Å². The minimum Gasteiger partial charge on any atom is -0.481 e. The second kappa shape index (κ2) is 63.1. The van der Waals surface area contributed by atoms with E-state index >= 15 is 38.4 Å². The van der Waals surface area contributed by atoms with Crippen LogP contribution in [0.4, 0.5) is 0 Å². The highest BCUT2D eigenvalue weighted by molar-refractivity contribution is 6.04. The third-order valence-corrected chi connectivity index (χ3v) is 24.2. The third kappa shape index (κ3) is 45.2. The quantitative estimate of drug-likeness (QED) is 0.0197. The number of rotatable bonds is 50. The highest BCUT2D eigenvalue weighted by Gasteiger charge is 2.45. The minimum atomic E-state index is -2.26. The molecule has 148 heavy (non-hydrogen) atoms. The van der Waals surface area contributed by atoms with Crippen molar-refractivity contribution in [2.45, 2.75) is 344 Å². The van der Waals surface area contributed by atoms with Crippen LogP contribution in [-0.2, 0) is 123 Å². The number of hydrogen-bond donors (Lipinski definition) is 27. The normalized spacial score (nSPS) is 21.0. The molecule has 31 N–H and O–H groups in total. The fourth-order valence-corrected chi connectivity index (χ4v) is 16.2. The molecule has 0 radical (unpaired) electrons. The number of para-hydroxylation sites is 1. The van der Waals surface area contributed by atoms with E-state index in [0.29, 0.717) is 41.3 Å². The topological polar surface area (TPSA) is 826 Å². The van der Waals surface area contributed by atoms with Gasteiger partial charge in [0.1, 0.15) is 95.7 Å². The van der Waals surface area contributed by atoms with Gasteiger partial charge in [-0.3, -0.25) is 110 Å². The minimum absolute atomic E-state index is 0.00697. The maximum absolute atomic E-state index is 15.6. The summed E-state index contributed by atoms with van der Waals surface area (Å²) in [5.74, 6) is -28.7. The standard InChI is InChI=1S/C98H149N21O29/c1-52(2)43-67(104-56(8)122)86(138)114-73(51-120)91(143)107-62(32-36-74(100)123)83(135)106-63(33-37-76(125)126)85(137)117-80(55(7)121)94(146)113-70(46-57-27-19-18-20-28-57)93(145)119-98(10)41-25-17-15-13-11-12-14-16-24-40-97(9,95(147)115-64(34-38-77(127)128)84(136)109-66(81(102)133)48-75(101)124)118-92(144)65(35-39-78(129)130)108-87(139)68(44-53(3)4)110-82(134)61(31-23-26-42-99)105-89(141)71(47-58-50-103-60-30-22-21-29-59(58)60)112-88(140)69(45-54(5)6)111-90(142)72(49-79(131)132)116-96(98)148/h12,14,18-22,27-30,50,52-55,61-73,80,103,120-121H,11,13,15-17,23-26,31-49,51,99H2,1-10H3,(H2,100,123)(H2,101,124)(H2,102,133)(H,104,122)(H,105,141)(H,106,135)(H,107,143)(H,108,139)(H,109,136)(H,110,134)(H,111,142)(H,112,140)(H,113,146)(H,114,138)(H,115,147)(H,116,148)(H,117,137)(H,118,144)(H,119,145)(H,125,126)(H,127,128)(H,129,130)(H,131,132)/b14-12-/t55-,61+,62+,63+,64+,65+,66+,67+,68+,69+,70+,71+,72+,73+,80+,97+,98-/m1/s1. The molecule has 4 rings (SSSR count). The van der Waals surface area contributed by atoms with Crippen LogP contribution in [0.3, 0.4) is 0 Å². The number of unbranched alkanes of at least 4 members (excludes halogenated alkanes) is 1. The maximum atomic E-state index is 15.6. The lowest BCUT2D eigenvalue weighted by molar-refractivity contribution is -0.143. The molecule has 0 unspecified atom stereocenters. The Bertz CT molecular complexity index is 5130. The lowest BCUT2D eigenvalue weighted by Gasteiger charge is -2.34. The van der Waals surface area contributed by atoms with Crippen molar-refractivity contribution < 1.29 is 141 Å². The first-order chi connectivity index (χ1) is 69.6. The Hall–Kier alpha value is -14.6. The van der Waals surface area contributed by atoms with Crippen LogP contribution < -0.4 is 108 Å². The predicted molar refractivity (Wildman–Crippen MR) is 533 cm³/mol. The lowest BCUT2D eigenvalue weighted by atomic mass is 9.91. The number of carbonyl (C=O) groups excluding carboxylic acids is 19. The predicted octanol–water partition coefficient (Wildman–Crippen LogP) is -3.07. The number of H-pyrrole nitrogens is 1. The lowest BCUT2D eigenvalue weighted by Crippen LogP contribution is -2.65. The zero-order valence-corrected chi connectivity index (χ0v) is 85.2. The Morgan fingerprint density at radius 3 is 1.46 bits per heavy atom. The highest BCUT2D eigenvalue weighted by atomic mass is 16.4. The Morgan fingerprint density at radius 2 is 0.932 bits per heavy atom. The number of fused-ring (bicyclic) bond motifs is 1. The number of allylic oxidation sites excluding steroid dienone is 2. The molecule has 1 aromatic heterocycles. The molecule has 17 atom stereocenters. The van der Waals surface area contributed by atoms with E-state index in [4.69, 9.17) is 22.9 Å². The Labute approximate surface area is 856 Å². The summed E-state index contributed by atoms with van der Waals surface area (Å²) in [6, 6.07) is -10.3. The van der Waals surface area contributed by atoms with Crippen molar-refractivity contribution in [1.82, 2.24) is 90.1 Å². The number of carboxylic acid groups (broad SMARTS) is 4. The van der Waals surface area contributed by atoms with Gasteiger partial charge in [-0.15, -0.1) is 0 Å². The van der Waals surface area contributed by atoms with Crippen LogP contribution in [0.5, 0.6) is 0 Å². The maximum Gasteiger partial charge on any atom is 0.305 e.